The summed E-state index contributed by atoms with van der Waals surface area (Å²) >= 11 is 0. The monoisotopic (exact) mass is 504 g/mol. The van der Waals surface area contributed by atoms with E-state index in [0.717, 1.165) is 41.3 Å². The van der Waals surface area contributed by atoms with E-state index >= 15 is 0 Å². The molecule has 6 aromatic rings. The van der Waals surface area contributed by atoms with Crippen molar-refractivity contribution in [2.75, 3.05) is 5.32 Å². The van der Waals surface area contributed by atoms with Crippen LogP contribution in [0.25, 0.3) is 56.0 Å². The first-order valence-corrected chi connectivity index (χ1v) is 12.3. The second kappa shape index (κ2) is 8.84. The number of anilines is 1. The summed E-state index contributed by atoms with van der Waals surface area (Å²) in [7, 11) is 0. The van der Waals surface area contributed by atoms with Crippen molar-refractivity contribution >= 4 is 33.8 Å². The molecule has 0 bridgehead atoms. The van der Waals surface area contributed by atoms with Crippen molar-refractivity contribution in [3.8, 4) is 33.8 Å². The molecule has 3 N–H and O–H groups in total. The van der Waals surface area contributed by atoms with Crippen LogP contribution in [0.5, 0.6) is 0 Å². The highest BCUT2D eigenvalue weighted by Gasteiger charge is 2.25. The van der Waals surface area contributed by atoms with Crippen LogP contribution in [0, 0.1) is 11.7 Å². The standard InChI is InChI=1S/C28H21FN8O/c29-19-6-2-5-16(9-19)21-7-8-31-26-23(21)34-27(35-26)24-22-11-18(13-32-25(22)37-36-24)17-10-20(14-30-12-17)33-28(38)15-3-1-4-15/h2,5-15H,1,3-4H2,(H,33,38)(H,31,34,35)(H,32,36,37). The lowest BCUT2D eigenvalue weighted by atomic mass is 9.85. The fourth-order valence-electron chi connectivity index (χ4n) is 4.73. The second-order valence-corrected chi connectivity index (χ2v) is 9.42. The van der Waals surface area contributed by atoms with Crippen LogP contribution in [0.4, 0.5) is 10.1 Å². The number of carbonyl (C=O) groups is 1. The van der Waals surface area contributed by atoms with Gasteiger partial charge in [-0.15, -0.1) is 0 Å². The molecular weight excluding hydrogens is 483 g/mol. The molecule has 1 aromatic carbocycles. The molecule has 38 heavy (non-hydrogen) atoms. The number of rotatable bonds is 5. The maximum atomic E-state index is 13.9. The lowest BCUT2D eigenvalue weighted by molar-refractivity contribution is -0.122. The number of pyridine rings is 3. The first kappa shape index (κ1) is 22.2. The van der Waals surface area contributed by atoms with E-state index in [1.54, 1.807) is 30.9 Å². The minimum atomic E-state index is -0.318. The lowest BCUT2D eigenvalue weighted by Gasteiger charge is -2.24. The Bertz CT molecular complexity index is 1840. The van der Waals surface area contributed by atoms with Crippen LogP contribution in [0.1, 0.15) is 19.3 Å². The van der Waals surface area contributed by atoms with Crippen LogP contribution >= 0.6 is 0 Å². The fourth-order valence-corrected chi connectivity index (χ4v) is 4.73. The third-order valence-corrected chi connectivity index (χ3v) is 6.98. The van der Waals surface area contributed by atoms with E-state index in [1.807, 2.05) is 24.3 Å². The summed E-state index contributed by atoms with van der Waals surface area (Å²) in [5.74, 6) is 0.323. The molecule has 0 radical (unpaired) electrons. The van der Waals surface area contributed by atoms with E-state index in [-0.39, 0.29) is 17.6 Å². The average molecular weight is 505 g/mol. The summed E-state index contributed by atoms with van der Waals surface area (Å²) in [6.45, 7) is 0. The van der Waals surface area contributed by atoms with Crippen LogP contribution in [-0.2, 0) is 4.79 Å². The van der Waals surface area contributed by atoms with E-state index < -0.39 is 0 Å². The SMILES string of the molecule is O=C(Nc1cncc(-c2cnc3[nH]nc(-c4nc5c(-c6cccc(F)c6)ccnc5[nH]4)c3c2)c1)C1CCC1. The zero-order chi connectivity index (χ0) is 25.6. The van der Waals surface area contributed by atoms with Gasteiger partial charge in [0.05, 0.1) is 17.3 Å². The Morgan fingerprint density at radius 3 is 2.71 bits per heavy atom. The number of amides is 1. The Morgan fingerprint density at radius 2 is 1.87 bits per heavy atom. The highest BCUT2D eigenvalue weighted by atomic mass is 19.1. The van der Waals surface area contributed by atoms with Gasteiger partial charge in [-0.2, -0.15) is 5.10 Å². The Balaban J connectivity index is 1.26. The third-order valence-electron chi connectivity index (χ3n) is 6.98. The van der Waals surface area contributed by atoms with Crippen LogP contribution in [0.2, 0.25) is 0 Å². The highest BCUT2D eigenvalue weighted by Crippen LogP contribution is 2.33. The molecule has 1 saturated carbocycles. The number of hydrogen-bond donors (Lipinski definition) is 3. The molecule has 10 heteroatoms. The zero-order valence-corrected chi connectivity index (χ0v) is 20.1. The number of nitrogens with zero attached hydrogens (tertiary/aromatic N) is 5. The van der Waals surface area contributed by atoms with E-state index in [2.05, 4.69) is 35.5 Å². The number of aromatic amines is 2. The first-order chi connectivity index (χ1) is 18.6. The predicted octanol–water partition coefficient (Wildman–Crippen LogP) is 5.50. The van der Waals surface area contributed by atoms with Gasteiger partial charge in [0.1, 0.15) is 17.0 Å². The van der Waals surface area contributed by atoms with Gasteiger partial charge >= 0.3 is 0 Å². The van der Waals surface area contributed by atoms with Gasteiger partial charge in [0.25, 0.3) is 0 Å². The van der Waals surface area contributed by atoms with Crippen molar-refractivity contribution in [1.29, 1.82) is 0 Å². The van der Waals surface area contributed by atoms with Gasteiger partial charge in [-0.1, -0.05) is 18.6 Å². The topological polar surface area (TPSA) is 125 Å². The van der Waals surface area contributed by atoms with Gasteiger partial charge in [0.15, 0.2) is 17.1 Å². The van der Waals surface area contributed by atoms with Crippen molar-refractivity contribution < 1.29 is 9.18 Å². The molecule has 5 heterocycles. The van der Waals surface area contributed by atoms with E-state index in [0.29, 0.717) is 39.6 Å². The average Bonchev–Trinajstić information content (AvgIpc) is 3.51. The van der Waals surface area contributed by atoms with E-state index in [9.17, 15) is 9.18 Å². The fraction of sp³-hybridized carbons (Fsp3) is 0.143. The number of nitrogens with one attached hydrogen (secondary N) is 3. The van der Waals surface area contributed by atoms with Gasteiger partial charge in [-0.3, -0.25) is 14.9 Å². The molecule has 7 rings (SSSR count). The normalized spacial score (nSPS) is 13.6. The Labute approximate surface area is 215 Å². The number of halogens is 1. The maximum absolute atomic E-state index is 13.9. The third kappa shape index (κ3) is 3.86. The van der Waals surface area contributed by atoms with Crippen LogP contribution in [0.15, 0.2) is 67.3 Å². The minimum Gasteiger partial charge on any atom is -0.324 e. The summed E-state index contributed by atoms with van der Waals surface area (Å²) in [5.41, 5.74) is 6.14. The van der Waals surface area contributed by atoms with Gasteiger partial charge < -0.3 is 10.3 Å². The second-order valence-electron chi connectivity index (χ2n) is 9.42. The number of fused-ring (bicyclic) bond motifs is 2. The molecule has 0 unspecified atom stereocenters. The largest absolute Gasteiger partial charge is 0.324 e. The zero-order valence-electron chi connectivity index (χ0n) is 20.1. The van der Waals surface area contributed by atoms with Crippen molar-refractivity contribution in [3.63, 3.8) is 0 Å². The smallest absolute Gasteiger partial charge is 0.227 e. The van der Waals surface area contributed by atoms with Gasteiger partial charge in [0.2, 0.25) is 5.91 Å². The predicted molar refractivity (Wildman–Crippen MR) is 141 cm³/mol. The number of imidazole rings is 1. The molecule has 1 aliphatic carbocycles. The molecule has 9 nitrogen and oxygen atoms in total. The molecule has 1 aliphatic rings. The lowest BCUT2D eigenvalue weighted by Crippen LogP contribution is -2.28. The molecule has 5 aromatic heterocycles. The highest BCUT2D eigenvalue weighted by molar-refractivity contribution is 5.97. The molecule has 0 spiro atoms. The maximum Gasteiger partial charge on any atom is 0.227 e. The number of carbonyl (C=O) groups excluding carboxylic acids is 1. The van der Waals surface area contributed by atoms with Crippen LogP contribution < -0.4 is 5.32 Å². The first-order valence-electron chi connectivity index (χ1n) is 12.3. The molecule has 0 saturated heterocycles. The van der Waals surface area contributed by atoms with Crippen molar-refractivity contribution in [2.45, 2.75) is 19.3 Å². The Kier molecular flexibility index (Phi) is 5.17. The van der Waals surface area contributed by atoms with Gasteiger partial charge in [-0.25, -0.2) is 19.3 Å². The van der Waals surface area contributed by atoms with E-state index in [1.165, 1.54) is 12.1 Å². The number of H-pyrrole nitrogens is 2. The Morgan fingerprint density at radius 1 is 0.974 bits per heavy atom. The molecule has 1 fully saturated rings. The number of benzene rings is 1. The Hall–Kier alpha value is -4.99. The van der Waals surface area contributed by atoms with Crippen LogP contribution in [-0.4, -0.2) is 41.0 Å². The van der Waals surface area contributed by atoms with Crippen molar-refractivity contribution in [2.24, 2.45) is 5.92 Å². The van der Waals surface area contributed by atoms with Crippen LogP contribution in [0.3, 0.4) is 0 Å². The summed E-state index contributed by atoms with van der Waals surface area (Å²) < 4.78 is 13.9. The molecule has 0 atom stereocenters. The molecular formula is C28H21FN8O. The minimum absolute atomic E-state index is 0.0389. The number of aromatic nitrogens is 7. The van der Waals surface area contributed by atoms with Crippen molar-refractivity contribution in [1.82, 2.24) is 35.1 Å². The van der Waals surface area contributed by atoms with E-state index in [4.69, 9.17) is 4.98 Å². The summed E-state index contributed by atoms with van der Waals surface area (Å²) in [6.07, 6.45) is 9.75. The molecule has 1 amide bonds. The molecule has 186 valence electrons. The quantitative estimate of drug-likeness (QED) is 0.285. The summed E-state index contributed by atoms with van der Waals surface area (Å²) in [6, 6.07) is 12.1. The van der Waals surface area contributed by atoms with Gasteiger partial charge in [0, 0.05) is 41.2 Å². The number of hydrogen-bond acceptors (Lipinski definition) is 6. The molecule has 0 aliphatic heterocycles. The summed E-state index contributed by atoms with van der Waals surface area (Å²) in [4.78, 5) is 33.7. The van der Waals surface area contributed by atoms with Gasteiger partial charge in [-0.05, 0) is 48.7 Å². The summed E-state index contributed by atoms with van der Waals surface area (Å²) in [5, 5.41) is 11.2. The van der Waals surface area contributed by atoms with Crippen molar-refractivity contribution in [3.05, 3.63) is 73.1 Å².